The van der Waals surface area contributed by atoms with Gasteiger partial charge in [0.05, 0.1) is 5.56 Å². The first-order valence-corrected chi connectivity index (χ1v) is 5.38. The summed E-state index contributed by atoms with van der Waals surface area (Å²) in [7, 11) is -5.79. The molecule has 0 radical (unpaired) electrons. The quantitative estimate of drug-likeness (QED) is 0.666. The first-order valence-electron chi connectivity index (χ1n) is 3.97. The number of carboxylic acids is 1. The number of benzene rings is 1. The standard InChI is InChI=1S/C8H5F3O5S/c9-8(10,11)17(14,15)16-6-3-1-2-5(4-6)7(12)13/h1-4H,(H,12,13). The number of rotatable bonds is 3. The minimum absolute atomic E-state index is 0.389. The molecule has 0 saturated carbocycles. The lowest BCUT2D eigenvalue weighted by atomic mass is 10.2. The van der Waals surface area contributed by atoms with Gasteiger partial charge < -0.3 is 9.29 Å². The van der Waals surface area contributed by atoms with Crippen LogP contribution in [0.25, 0.3) is 0 Å². The second kappa shape index (κ2) is 4.24. The highest BCUT2D eigenvalue weighted by Crippen LogP contribution is 2.27. The van der Waals surface area contributed by atoms with E-state index in [2.05, 4.69) is 4.18 Å². The van der Waals surface area contributed by atoms with E-state index in [9.17, 15) is 26.4 Å². The van der Waals surface area contributed by atoms with Crippen LogP contribution in [0.15, 0.2) is 24.3 Å². The van der Waals surface area contributed by atoms with Gasteiger partial charge in [0.2, 0.25) is 0 Å². The van der Waals surface area contributed by atoms with Gasteiger partial charge >= 0.3 is 21.6 Å². The molecule has 17 heavy (non-hydrogen) atoms. The van der Waals surface area contributed by atoms with Crippen molar-refractivity contribution in [2.75, 3.05) is 0 Å². The number of hydrogen-bond donors (Lipinski definition) is 1. The van der Waals surface area contributed by atoms with Crippen LogP contribution in [0.4, 0.5) is 13.2 Å². The number of hydrogen-bond acceptors (Lipinski definition) is 4. The summed E-state index contributed by atoms with van der Waals surface area (Å²) in [4.78, 5) is 10.5. The third-order valence-corrected chi connectivity index (χ3v) is 2.55. The van der Waals surface area contributed by atoms with E-state index < -0.39 is 27.3 Å². The van der Waals surface area contributed by atoms with Gasteiger partial charge in [0.1, 0.15) is 5.75 Å². The van der Waals surface area contributed by atoms with Crippen molar-refractivity contribution in [1.29, 1.82) is 0 Å². The average Bonchev–Trinajstić information content (AvgIpc) is 2.15. The van der Waals surface area contributed by atoms with Gasteiger partial charge in [-0.3, -0.25) is 0 Å². The van der Waals surface area contributed by atoms with Crippen molar-refractivity contribution in [2.45, 2.75) is 5.51 Å². The van der Waals surface area contributed by atoms with Crippen molar-refractivity contribution < 1.29 is 35.7 Å². The lowest BCUT2D eigenvalue weighted by Crippen LogP contribution is -2.28. The van der Waals surface area contributed by atoms with Crippen molar-refractivity contribution in [1.82, 2.24) is 0 Å². The minimum atomic E-state index is -5.79. The van der Waals surface area contributed by atoms with Gasteiger partial charge in [-0.2, -0.15) is 21.6 Å². The number of carboxylic acid groups (broad SMARTS) is 1. The van der Waals surface area contributed by atoms with Crippen LogP contribution in [0, 0.1) is 0 Å². The van der Waals surface area contributed by atoms with Crippen LogP contribution >= 0.6 is 0 Å². The Morgan fingerprint density at radius 1 is 1.29 bits per heavy atom. The Morgan fingerprint density at radius 3 is 2.35 bits per heavy atom. The summed E-state index contributed by atoms with van der Waals surface area (Å²) in [5, 5.41) is 8.54. The summed E-state index contributed by atoms with van der Waals surface area (Å²) in [6.07, 6.45) is 0. The zero-order valence-corrected chi connectivity index (χ0v) is 8.75. The fourth-order valence-corrected chi connectivity index (χ4v) is 1.31. The predicted molar refractivity (Wildman–Crippen MR) is 49.0 cm³/mol. The van der Waals surface area contributed by atoms with Crippen LogP contribution in [-0.4, -0.2) is 25.0 Å². The van der Waals surface area contributed by atoms with E-state index in [1.54, 1.807) is 0 Å². The molecule has 1 aromatic rings. The zero-order chi connectivity index (χ0) is 13.3. The molecule has 5 nitrogen and oxygen atoms in total. The van der Waals surface area contributed by atoms with Gasteiger partial charge in [-0.15, -0.1) is 0 Å². The Hall–Kier alpha value is -1.77. The van der Waals surface area contributed by atoms with Crippen LogP contribution in [0.2, 0.25) is 0 Å². The third-order valence-electron chi connectivity index (χ3n) is 1.57. The Balaban J connectivity index is 3.05. The van der Waals surface area contributed by atoms with E-state index >= 15 is 0 Å². The maximum atomic E-state index is 11.9. The zero-order valence-electron chi connectivity index (χ0n) is 7.93. The van der Waals surface area contributed by atoms with E-state index in [4.69, 9.17) is 5.11 Å². The molecule has 0 aliphatic rings. The van der Waals surface area contributed by atoms with Gasteiger partial charge in [-0.1, -0.05) is 6.07 Å². The Morgan fingerprint density at radius 2 is 1.88 bits per heavy atom. The number of aromatic carboxylic acids is 1. The van der Waals surface area contributed by atoms with Crippen molar-refractivity contribution in [3.05, 3.63) is 29.8 Å². The van der Waals surface area contributed by atoms with Crippen molar-refractivity contribution in [3.8, 4) is 5.75 Å². The normalized spacial score (nSPS) is 12.2. The van der Waals surface area contributed by atoms with Gasteiger partial charge in [0.25, 0.3) is 0 Å². The second-order valence-electron chi connectivity index (χ2n) is 2.82. The van der Waals surface area contributed by atoms with Crippen LogP contribution < -0.4 is 4.18 Å². The molecular weight excluding hydrogens is 265 g/mol. The van der Waals surface area contributed by atoms with Gasteiger partial charge in [-0.25, -0.2) is 4.79 Å². The SMILES string of the molecule is O=C(O)c1cccc(OS(=O)(=O)C(F)(F)F)c1. The fraction of sp³-hybridized carbons (Fsp3) is 0.125. The highest BCUT2D eigenvalue weighted by Gasteiger charge is 2.48. The topological polar surface area (TPSA) is 80.7 Å². The van der Waals surface area contributed by atoms with E-state index in [0.29, 0.717) is 6.07 Å². The summed E-state index contributed by atoms with van der Waals surface area (Å²) in [5.74, 6) is -2.14. The van der Waals surface area contributed by atoms with Crippen molar-refractivity contribution in [2.24, 2.45) is 0 Å². The fourth-order valence-electron chi connectivity index (χ4n) is 0.855. The van der Waals surface area contributed by atoms with Crippen molar-refractivity contribution in [3.63, 3.8) is 0 Å². The molecule has 0 aliphatic carbocycles. The van der Waals surface area contributed by atoms with Crippen LogP contribution in [-0.2, 0) is 10.1 Å². The van der Waals surface area contributed by atoms with Gasteiger partial charge in [0.15, 0.2) is 0 Å². The summed E-state index contributed by atoms with van der Waals surface area (Å²) in [6.45, 7) is 0. The molecule has 0 unspecified atom stereocenters. The first-order chi connectivity index (χ1) is 7.63. The molecule has 94 valence electrons. The number of halogens is 3. The molecule has 9 heteroatoms. The molecule has 0 fully saturated rings. The molecule has 0 aliphatic heterocycles. The van der Waals surface area contributed by atoms with Gasteiger partial charge in [-0.05, 0) is 18.2 Å². The maximum Gasteiger partial charge on any atom is 0.534 e. The Bertz CT molecular complexity index is 534. The molecule has 0 spiro atoms. The molecule has 0 saturated heterocycles. The van der Waals surface area contributed by atoms with E-state index in [0.717, 1.165) is 18.2 Å². The lowest BCUT2D eigenvalue weighted by Gasteiger charge is -2.09. The minimum Gasteiger partial charge on any atom is -0.478 e. The molecule has 0 amide bonds. The predicted octanol–water partition coefficient (Wildman–Crippen LogP) is 1.61. The highest BCUT2D eigenvalue weighted by atomic mass is 32.2. The monoisotopic (exact) mass is 270 g/mol. The molecule has 0 aromatic heterocycles. The van der Waals surface area contributed by atoms with Crippen molar-refractivity contribution >= 4 is 16.1 Å². The van der Waals surface area contributed by atoms with E-state index in [1.807, 2.05) is 0 Å². The number of alkyl halides is 3. The number of carbonyl (C=O) groups is 1. The summed E-state index contributed by atoms with van der Waals surface area (Å²) in [6, 6.07) is 3.71. The largest absolute Gasteiger partial charge is 0.534 e. The average molecular weight is 270 g/mol. The summed E-state index contributed by atoms with van der Waals surface area (Å²) < 4.78 is 60.8. The lowest BCUT2D eigenvalue weighted by molar-refractivity contribution is -0.0500. The summed E-state index contributed by atoms with van der Waals surface area (Å²) >= 11 is 0. The molecular formula is C8H5F3O5S. The molecule has 0 heterocycles. The smallest absolute Gasteiger partial charge is 0.478 e. The molecule has 0 atom stereocenters. The van der Waals surface area contributed by atoms with E-state index in [-0.39, 0.29) is 5.56 Å². The van der Waals surface area contributed by atoms with E-state index in [1.165, 1.54) is 0 Å². The summed E-state index contributed by atoms with van der Waals surface area (Å²) in [5.41, 5.74) is -5.95. The second-order valence-corrected chi connectivity index (χ2v) is 4.35. The third kappa shape index (κ3) is 3.09. The Labute approximate surface area is 93.6 Å². The highest BCUT2D eigenvalue weighted by molar-refractivity contribution is 7.87. The van der Waals surface area contributed by atoms with Gasteiger partial charge in [0, 0.05) is 0 Å². The Kier molecular flexibility index (Phi) is 3.32. The molecule has 1 aromatic carbocycles. The maximum absolute atomic E-state index is 11.9. The first kappa shape index (κ1) is 13.3. The van der Waals surface area contributed by atoms with Crippen LogP contribution in [0.1, 0.15) is 10.4 Å². The molecule has 1 N–H and O–H groups in total. The molecule has 0 bridgehead atoms. The van der Waals surface area contributed by atoms with Crippen LogP contribution in [0.5, 0.6) is 5.75 Å². The van der Waals surface area contributed by atoms with Crippen LogP contribution in [0.3, 0.4) is 0 Å². The molecule has 1 rings (SSSR count).